The first-order valence-electron chi connectivity index (χ1n) is 28.1. The summed E-state index contributed by atoms with van der Waals surface area (Å²) in [6.07, 6.45) is 2.51. The summed E-state index contributed by atoms with van der Waals surface area (Å²) in [5.41, 5.74) is 7.48. The van der Waals surface area contributed by atoms with Crippen LogP contribution in [0.25, 0.3) is 22.1 Å². The fourth-order valence-corrected chi connectivity index (χ4v) is 17.3. The number of H-pyrrole nitrogens is 2. The van der Waals surface area contributed by atoms with Gasteiger partial charge in [0.15, 0.2) is 11.6 Å². The van der Waals surface area contributed by atoms with E-state index < -0.39 is 42.7 Å². The van der Waals surface area contributed by atoms with Crippen LogP contribution < -0.4 is 26.5 Å². The summed E-state index contributed by atoms with van der Waals surface area (Å²) in [6, 6.07) is 36.1. The predicted molar refractivity (Wildman–Crippen MR) is 317 cm³/mol. The van der Waals surface area contributed by atoms with Crippen LogP contribution in [0.3, 0.4) is 0 Å². The van der Waals surface area contributed by atoms with Crippen molar-refractivity contribution in [3.8, 4) is 0 Å². The number of benzene rings is 3. The molecule has 14 nitrogen and oxygen atoms in total. The van der Waals surface area contributed by atoms with Gasteiger partial charge in [-0.2, -0.15) is 0 Å². The molecule has 6 aromatic rings. The van der Waals surface area contributed by atoms with Gasteiger partial charge in [0.25, 0.3) is 0 Å². The van der Waals surface area contributed by atoms with Crippen LogP contribution in [0.1, 0.15) is 177 Å². The number of carbonyl (C=O) groups is 6. The van der Waals surface area contributed by atoms with Gasteiger partial charge in [-0.25, -0.2) is 0 Å². The first-order chi connectivity index (χ1) is 38.3. The summed E-state index contributed by atoms with van der Waals surface area (Å²) < 4.78 is 11.2. The molecule has 4 N–H and O–H groups in total. The van der Waals surface area contributed by atoms with Crippen LogP contribution in [0.2, 0.25) is 0 Å². The monoisotopic (exact) mass is 1100 g/mol. The van der Waals surface area contributed by atoms with E-state index in [1.807, 2.05) is 93.6 Å². The van der Waals surface area contributed by atoms with Crippen molar-refractivity contribution >= 4 is 80.6 Å². The Hall–Kier alpha value is -7.57. The number of fused-ring (bicyclic) bond motifs is 8. The molecule has 1 unspecified atom stereocenters. The molecule has 9 rings (SSSR count). The van der Waals surface area contributed by atoms with Crippen molar-refractivity contribution in [1.29, 1.82) is 0 Å². The molecular formula is C65H75N6O8P. The number of aromatic nitrogens is 4. The molecule has 0 saturated heterocycles. The van der Waals surface area contributed by atoms with Crippen LogP contribution >= 0.6 is 7.26 Å². The Morgan fingerprint density at radius 1 is 0.725 bits per heavy atom. The minimum atomic E-state index is -2.74. The number of Topliss-reactive ketones (excluding diaryl/α,β-unsaturated/α-hetero) is 2. The van der Waals surface area contributed by atoms with Gasteiger partial charge >= 0.3 is 245 Å². The molecule has 418 valence electrons. The Morgan fingerprint density at radius 3 is 1.86 bits per heavy atom. The normalized spacial score (nSPS) is 18.3. The van der Waals surface area contributed by atoms with E-state index in [2.05, 4.69) is 70.8 Å². The van der Waals surface area contributed by atoms with Gasteiger partial charge in [-0.1, -0.05) is 20.8 Å². The molecule has 0 fully saturated rings. The number of amides is 2. The van der Waals surface area contributed by atoms with Crippen LogP contribution in [0, 0.1) is 13.8 Å². The van der Waals surface area contributed by atoms with Crippen LogP contribution in [0.4, 0.5) is 0 Å². The van der Waals surface area contributed by atoms with Crippen molar-refractivity contribution in [2.24, 2.45) is 0 Å². The Kier molecular flexibility index (Phi) is 16.9. The predicted octanol–water partition coefficient (Wildman–Crippen LogP) is 10.4. The van der Waals surface area contributed by atoms with E-state index in [0.29, 0.717) is 74.7 Å². The van der Waals surface area contributed by atoms with Crippen molar-refractivity contribution in [3.63, 3.8) is 0 Å². The molecule has 8 bridgehead atoms. The second-order valence-electron chi connectivity index (χ2n) is 22.9. The maximum absolute atomic E-state index is 14.6. The number of hydrogen-bond acceptors (Lipinski definition) is 10. The van der Waals surface area contributed by atoms with Crippen molar-refractivity contribution in [3.05, 3.63) is 160 Å². The summed E-state index contributed by atoms with van der Waals surface area (Å²) in [4.78, 5) is 101. The van der Waals surface area contributed by atoms with Crippen LogP contribution in [-0.2, 0) is 28.7 Å². The molecule has 1 aliphatic carbocycles. The third kappa shape index (κ3) is 11.3. The van der Waals surface area contributed by atoms with Crippen LogP contribution in [0.15, 0.2) is 109 Å². The topological polar surface area (TPSA) is 202 Å². The van der Waals surface area contributed by atoms with Crippen molar-refractivity contribution in [1.82, 2.24) is 30.6 Å². The zero-order valence-electron chi connectivity index (χ0n) is 47.7. The Bertz CT molecular complexity index is 3430. The number of hydrogen-bond donors (Lipinski definition) is 4. The number of methoxy groups -OCH3 is 1. The quantitative estimate of drug-likeness (QED) is 0.0211. The number of nitrogens with one attached hydrogen (secondary N) is 4. The molecule has 3 aromatic heterocycles. The van der Waals surface area contributed by atoms with E-state index in [1.54, 1.807) is 27.7 Å². The first-order valence-corrected chi connectivity index (χ1v) is 30.3. The van der Waals surface area contributed by atoms with E-state index in [1.165, 1.54) is 23.0 Å². The van der Waals surface area contributed by atoms with Crippen molar-refractivity contribution in [2.45, 2.75) is 142 Å². The minimum absolute atomic E-state index is 0.0492. The number of rotatable bonds is 18. The average molecular weight is 1100 g/mol. The standard InChI is InChI=1S/C65H75N6O8P/c1-11-45-37(2)48-36-53-56(41(6)72)39(4)50(68-53)34-49-38(3)46(60(70-49)58-59(64(77)78-10)62(75)57-40(5)51(71-61(57)58)35-52(45)67-48)29-30-54(73)66-32-21-28-47(63(76)79-65(7,8)9)69-55(74)31-33-80(42-22-15-12-16-23-42,43-24-17-13-18-25-43)44-26-19-14-20-27-44/h12-20,22-27,34-38,45-47,59,68,71,80H,11,21,28-33H2,1-10H3,(H,66,73)(H,69,74)/t37-,38+,45-,46+,47+,59?/m1/s1. The third-order valence-electron chi connectivity index (χ3n) is 16.7. The number of carbonyl (C=O) groups excluding carboxylic acids is 6. The molecule has 0 radical (unpaired) electrons. The van der Waals surface area contributed by atoms with Gasteiger partial charge in [-0.3, -0.25) is 24.4 Å². The molecule has 80 heavy (non-hydrogen) atoms. The number of aromatic amines is 2. The molecule has 3 aromatic carbocycles. The van der Waals surface area contributed by atoms with E-state index in [9.17, 15) is 28.8 Å². The Balaban J connectivity index is 0.972. The molecular weight excluding hydrogens is 1020 g/mol. The van der Waals surface area contributed by atoms with E-state index in [-0.39, 0.29) is 66.9 Å². The summed E-state index contributed by atoms with van der Waals surface area (Å²) >= 11 is 0. The van der Waals surface area contributed by atoms with Gasteiger partial charge in [0.05, 0.1) is 23.8 Å². The van der Waals surface area contributed by atoms with Gasteiger partial charge in [-0.15, -0.1) is 0 Å². The summed E-state index contributed by atoms with van der Waals surface area (Å²) in [7, 11) is -1.48. The number of esters is 2. The zero-order valence-corrected chi connectivity index (χ0v) is 48.7. The van der Waals surface area contributed by atoms with Gasteiger partial charge in [0.2, 0.25) is 0 Å². The number of ketones is 2. The molecule has 15 heteroatoms. The number of aryl methyl sites for hydroxylation is 2. The average Bonchev–Trinajstić information content (AvgIpc) is 4.20. The fraction of sp³-hybridized carbons (Fsp3) is 0.385. The number of nitrogens with zero attached hydrogens (tertiary/aromatic N) is 2. The van der Waals surface area contributed by atoms with Gasteiger partial charge in [-0.05, 0) is 56.5 Å². The van der Waals surface area contributed by atoms with Crippen molar-refractivity contribution < 1.29 is 38.2 Å². The Labute approximate surface area is 469 Å². The molecule has 6 atom stereocenters. The first kappa shape index (κ1) is 57.1. The summed E-state index contributed by atoms with van der Waals surface area (Å²) in [5, 5.41) is 9.62. The maximum atomic E-state index is 14.6. The molecule has 0 saturated carbocycles. The molecule has 2 aliphatic heterocycles. The molecule has 5 heterocycles. The molecule has 2 amide bonds. The van der Waals surface area contributed by atoms with Gasteiger partial charge in [0.1, 0.15) is 5.92 Å². The van der Waals surface area contributed by atoms with Crippen molar-refractivity contribution in [2.75, 3.05) is 19.8 Å². The van der Waals surface area contributed by atoms with Gasteiger partial charge in [0, 0.05) is 68.5 Å². The zero-order chi connectivity index (χ0) is 57.2. The summed E-state index contributed by atoms with van der Waals surface area (Å²) in [5.74, 6) is -4.10. The van der Waals surface area contributed by atoms with Gasteiger partial charge < -0.3 is 14.7 Å². The molecule has 3 aliphatic rings. The van der Waals surface area contributed by atoms with E-state index in [0.717, 1.165) is 23.4 Å². The molecule has 0 spiro atoms. The second-order valence-corrected chi connectivity index (χ2v) is 26.9. The fourth-order valence-electron chi connectivity index (χ4n) is 12.5. The summed E-state index contributed by atoms with van der Waals surface area (Å²) in [6.45, 7) is 17.2. The van der Waals surface area contributed by atoms with E-state index in [4.69, 9.17) is 19.4 Å². The number of ether oxygens (including phenoxy) is 2. The van der Waals surface area contributed by atoms with Crippen LogP contribution in [-0.4, -0.2) is 86.7 Å². The third-order valence-corrected chi connectivity index (χ3v) is 21.6. The SMILES string of the molecule is CC[C@H]1c2cc3[nH]c4c(c3C)C(=O)C(C(=O)OC)c4c3nc(cc4[nH]c(cc(n2)[C@@H]1C)c(C(C)=O)c4C)[C@@H](C)[C@@H]3CCC(=O)NCCC[C@H](NC(=O)CC[PH](c1ccccc1)(c1ccccc1)c1ccccc1)C(=O)OC(C)(C)C. The van der Waals surface area contributed by atoms with Crippen LogP contribution in [0.5, 0.6) is 0 Å². The Morgan fingerprint density at radius 2 is 1.29 bits per heavy atom. The second kappa shape index (κ2) is 23.6. The van der Waals surface area contributed by atoms with E-state index >= 15 is 0 Å².